The number of nitrogens with zero attached hydrogens (tertiary/aromatic N) is 4. The number of carbonyl (C=O) groups is 1. The molecule has 1 fully saturated rings. The van der Waals surface area contributed by atoms with Gasteiger partial charge in [-0.15, -0.1) is 0 Å². The molecule has 3 aromatic rings. The summed E-state index contributed by atoms with van der Waals surface area (Å²) >= 11 is 0. The van der Waals surface area contributed by atoms with E-state index in [9.17, 15) is 23.1 Å². The van der Waals surface area contributed by atoms with Crippen molar-refractivity contribution in [1.29, 1.82) is 0 Å². The minimum Gasteiger partial charge on any atom is -0.373 e. The average Bonchev–Trinajstić information content (AvgIpc) is 2.77. The van der Waals surface area contributed by atoms with Gasteiger partial charge < -0.3 is 14.9 Å². The number of aryl methyl sites for hydroxylation is 1. The molecule has 1 atom stereocenters. The highest BCUT2D eigenvalue weighted by molar-refractivity contribution is 5.91. The second-order valence-corrected chi connectivity index (χ2v) is 8.05. The number of rotatable bonds is 3. The molecule has 0 radical (unpaired) electrons. The molecule has 0 bridgehead atoms. The third-order valence-electron chi connectivity index (χ3n) is 5.80. The minimum absolute atomic E-state index is 0.0447. The van der Waals surface area contributed by atoms with Gasteiger partial charge in [0.05, 0.1) is 5.52 Å². The van der Waals surface area contributed by atoms with Crippen LogP contribution in [0.3, 0.4) is 0 Å². The predicted octanol–water partition coefficient (Wildman–Crippen LogP) is 3.57. The number of hydrogen-bond acceptors (Lipinski definition) is 5. The Morgan fingerprint density at radius 1 is 0.969 bits per heavy atom. The smallest absolute Gasteiger partial charge is 0.373 e. The Bertz CT molecular complexity index is 1160. The summed E-state index contributed by atoms with van der Waals surface area (Å²) in [4.78, 5) is 24.8. The van der Waals surface area contributed by atoms with Crippen LogP contribution in [0.25, 0.3) is 22.3 Å². The van der Waals surface area contributed by atoms with Crippen LogP contribution in [0.2, 0.25) is 0 Å². The van der Waals surface area contributed by atoms with Gasteiger partial charge in [0.2, 0.25) is 5.60 Å². The third-order valence-corrected chi connectivity index (χ3v) is 5.80. The molecule has 0 aliphatic carbocycles. The van der Waals surface area contributed by atoms with E-state index in [2.05, 4.69) is 0 Å². The Hall–Kier alpha value is -3.20. The highest BCUT2D eigenvalue weighted by Crippen LogP contribution is 2.33. The Kier molecular flexibility index (Phi) is 5.54. The Morgan fingerprint density at radius 3 is 2.25 bits per heavy atom. The summed E-state index contributed by atoms with van der Waals surface area (Å²) in [6.45, 7) is 3.13. The first kappa shape index (κ1) is 22.0. The van der Waals surface area contributed by atoms with E-state index in [1.165, 1.54) is 0 Å². The maximum atomic E-state index is 13.1. The molecule has 168 valence electrons. The molecule has 4 rings (SSSR count). The molecule has 2 heterocycles. The molecule has 1 aliphatic heterocycles. The van der Waals surface area contributed by atoms with Crippen LogP contribution in [0.1, 0.15) is 12.5 Å². The molecule has 1 aliphatic rings. The first-order chi connectivity index (χ1) is 15.1. The van der Waals surface area contributed by atoms with Crippen LogP contribution in [-0.2, 0) is 4.79 Å². The quantitative estimate of drug-likeness (QED) is 0.669. The lowest BCUT2D eigenvalue weighted by atomic mass is 10.0. The number of aromatic nitrogens is 2. The molecule has 1 aromatic heterocycles. The largest absolute Gasteiger partial charge is 0.426 e. The number of benzene rings is 2. The number of amides is 1. The maximum absolute atomic E-state index is 13.1. The van der Waals surface area contributed by atoms with Gasteiger partial charge in [0.15, 0.2) is 5.82 Å². The zero-order valence-electron chi connectivity index (χ0n) is 17.7. The van der Waals surface area contributed by atoms with Crippen molar-refractivity contribution in [3.8, 4) is 11.4 Å². The van der Waals surface area contributed by atoms with E-state index in [0.29, 0.717) is 18.6 Å². The van der Waals surface area contributed by atoms with Gasteiger partial charge in [0, 0.05) is 37.1 Å². The number of piperazine rings is 1. The van der Waals surface area contributed by atoms with Gasteiger partial charge in [-0.05, 0) is 31.5 Å². The molecule has 1 amide bonds. The van der Waals surface area contributed by atoms with Crippen molar-refractivity contribution in [1.82, 2.24) is 14.9 Å². The number of hydrogen-bond donors (Lipinski definition) is 1. The van der Waals surface area contributed by atoms with E-state index >= 15 is 0 Å². The fourth-order valence-corrected chi connectivity index (χ4v) is 3.80. The van der Waals surface area contributed by atoms with Crippen LogP contribution >= 0.6 is 0 Å². The summed E-state index contributed by atoms with van der Waals surface area (Å²) in [5.74, 6) is -0.100. The lowest BCUT2D eigenvalue weighted by Crippen LogP contribution is -2.60. The average molecular weight is 444 g/mol. The van der Waals surface area contributed by atoms with E-state index in [0.717, 1.165) is 26.9 Å². The second kappa shape index (κ2) is 8.05. The normalized spacial score (nSPS) is 16.8. The van der Waals surface area contributed by atoms with Crippen LogP contribution in [0, 0.1) is 6.92 Å². The number of halogens is 3. The van der Waals surface area contributed by atoms with Crippen LogP contribution in [0.15, 0.2) is 48.5 Å². The Morgan fingerprint density at radius 2 is 1.59 bits per heavy atom. The van der Waals surface area contributed by atoms with Gasteiger partial charge in [-0.1, -0.05) is 36.4 Å². The number of aliphatic hydroxyl groups is 1. The minimum atomic E-state index is -5.04. The van der Waals surface area contributed by atoms with Crippen LogP contribution in [0.5, 0.6) is 0 Å². The molecule has 9 heteroatoms. The highest BCUT2D eigenvalue weighted by Gasteiger charge is 2.57. The monoisotopic (exact) mass is 444 g/mol. The summed E-state index contributed by atoms with van der Waals surface area (Å²) in [5, 5.41) is 10.6. The molecule has 32 heavy (non-hydrogen) atoms. The second-order valence-electron chi connectivity index (χ2n) is 8.05. The molecule has 2 aromatic carbocycles. The van der Waals surface area contributed by atoms with E-state index < -0.39 is 17.7 Å². The van der Waals surface area contributed by atoms with E-state index in [1.54, 1.807) is 0 Å². The summed E-state index contributed by atoms with van der Waals surface area (Å²) in [6.07, 6.45) is -5.04. The maximum Gasteiger partial charge on any atom is 0.426 e. The van der Waals surface area contributed by atoms with Crippen molar-refractivity contribution in [2.75, 3.05) is 31.1 Å². The molecule has 6 nitrogen and oxygen atoms in total. The van der Waals surface area contributed by atoms with Gasteiger partial charge in [0.25, 0.3) is 5.91 Å². The fourth-order valence-electron chi connectivity index (χ4n) is 3.80. The number of fused-ring (bicyclic) bond motifs is 1. The Labute approximate surface area is 183 Å². The summed E-state index contributed by atoms with van der Waals surface area (Å²) < 4.78 is 39.2. The number of anilines is 1. The SMILES string of the molecule is Cc1ccccc1-c1nc(N2CCN(C(=O)C(C)(O)C(F)(F)F)CC2)c2ccccc2n1. The standard InChI is InChI=1S/C23H23F3N4O2/c1-15-7-3-4-8-16(15)19-27-18-10-6-5-9-17(18)20(28-19)29-11-13-30(14-12-29)21(31)22(2,32)23(24,25)26/h3-10,32H,11-14H2,1-2H3. The number of carbonyl (C=O) groups excluding carboxylic acids is 1. The van der Waals surface area contributed by atoms with Crippen LogP contribution in [-0.4, -0.2) is 63.8 Å². The zero-order valence-corrected chi connectivity index (χ0v) is 17.7. The number of alkyl halides is 3. The van der Waals surface area contributed by atoms with Crippen molar-refractivity contribution in [2.24, 2.45) is 0 Å². The predicted molar refractivity (Wildman–Crippen MR) is 115 cm³/mol. The summed E-state index contributed by atoms with van der Waals surface area (Å²) in [7, 11) is 0. The summed E-state index contributed by atoms with van der Waals surface area (Å²) in [5.41, 5.74) is -0.725. The van der Waals surface area contributed by atoms with E-state index in [1.807, 2.05) is 60.4 Å². The topological polar surface area (TPSA) is 69.6 Å². The first-order valence-electron chi connectivity index (χ1n) is 10.3. The highest BCUT2D eigenvalue weighted by atomic mass is 19.4. The van der Waals surface area contributed by atoms with Crippen molar-refractivity contribution in [3.05, 3.63) is 54.1 Å². The third kappa shape index (κ3) is 3.88. The fraction of sp³-hybridized carbons (Fsp3) is 0.348. The van der Waals surface area contributed by atoms with Gasteiger partial charge in [-0.2, -0.15) is 13.2 Å². The van der Waals surface area contributed by atoms with Crippen molar-refractivity contribution in [2.45, 2.75) is 25.6 Å². The van der Waals surface area contributed by atoms with Crippen LogP contribution in [0.4, 0.5) is 19.0 Å². The number of para-hydroxylation sites is 1. The van der Waals surface area contributed by atoms with Gasteiger partial charge in [-0.3, -0.25) is 4.79 Å². The first-order valence-corrected chi connectivity index (χ1v) is 10.3. The van der Waals surface area contributed by atoms with Gasteiger partial charge >= 0.3 is 6.18 Å². The lowest BCUT2D eigenvalue weighted by Gasteiger charge is -2.39. The zero-order chi connectivity index (χ0) is 23.1. The molecule has 0 saturated carbocycles. The van der Waals surface area contributed by atoms with Crippen LogP contribution < -0.4 is 4.90 Å². The Balaban J connectivity index is 1.64. The molecular formula is C23H23F3N4O2. The van der Waals surface area contributed by atoms with E-state index in [-0.39, 0.29) is 26.2 Å². The van der Waals surface area contributed by atoms with E-state index in [4.69, 9.17) is 9.97 Å². The molecule has 1 saturated heterocycles. The molecule has 1 unspecified atom stereocenters. The molecular weight excluding hydrogens is 421 g/mol. The van der Waals surface area contributed by atoms with Gasteiger partial charge in [0.1, 0.15) is 5.82 Å². The van der Waals surface area contributed by atoms with Crippen molar-refractivity contribution < 1.29 is 23.1 Å². The molecule has 0 spiro atoms. The van der Waals surface area contributed by atoms with Crippen molar-refractivity contribution >= 4 is 22.6 Å². The molecule has 1 N–H and O–H groups in total. The van der Waals surface area contributed by atoms with Crippen molar-refractivity contribution in [3.63, 3.8) is 0 Å². The lowest BCUT2D eigenvalue weighted by molar-refractivity contribution is -0.250. The van der Waals surface area contributed by atoms with Gasteiger partial charge in [-0.25, -0.2) is 9.97 Å². The summed E-state index contributed by atoms with van der Waals surface area (Å²) in [6, 6.07) is 15.3.